The molecule has 2 aliphatic heterocycles. The molecule has 0 aromatic heterocycles. The molecule has 0 aromatic carbocycles. The second kappa shape index (κ2) is 5.86. The van der Waals surface area contributed by atoms with Gasteiger partial charge in [0, 0.05) is 35.3 Å². The molecule has 4 unspecified atom stereocenters. The molecule has 0 aromatic rings. The summed E-state index contributed by atoms with van der Waals surface area (Å²) in [6, 6.07) is 0.301. The number of Topliss-reactive ketones (excluding diaryl/α,β-unsaturated/α-hetero) is 1. The summed E-state index contributed by atoms with van der Waals surface area (Å²) in [6.45, 7) is 8.16. The minimum Gasteiger partial charge on any atom is -0.337 e. The molecular weight excluding hydrogens is 283 g/mol. The van der Waals surface area contributed by atoms with E-state index in [-0.39, 0.29) is 29.3 Å². The van der Waals surface area contributed by atoms with Gasteiger partial charge in [0.2, 0.25) is 0 Å². The van der Waals surface area contributed by atoms with Crippen LogP contribution in [0, 0.1) is 17.8 Å². The minimum absolute atomic E-state index is 0.0340. The third kappa shape index (κ3) is 2.83. The summed E-state index contributed by atoms with van der Waals surface area (Å²) < 4.78 is 0. The number of hydrogen-bond acceptors (Lipinski definition) is 3. The van der Waals surface area contributed by atoms with E-state index in [0.717, 1.165) is 12.2 Å². The molecule has 2 heterocycles. The van der Waals surface area contributed by atoms with Crippen LogP contribution < -0.4 is 5.32 Å². The Labute approximate surface area is 133 Å². The number of rotatable bonds is 5. The maximum absolute atomic E-state index is 12.2. The van der Waals surface area contributed by atoms with E-state index in [0.29, 0.717) is 17.0 Å². The molecule has 0 spiro atoms. The Hall–Kier alpha value is -0.645. The molecule has 0 bridgehead atoms. The average Bonchev–Trinajstić information content (AvgIpc) is 2.83. The minimum atomic E-state index is -0.161. The molecule has 2 aliphatic rings. The Morgan fingerprint density at radius 2 is 2.10 bits per heavy atom. The fraction of sp³-hybridized carbons (Fsp3) is 0.867. The fourth-order valence-corrected chi connectivity index (χ4v) is 5.55. The molecule has 1 N–H and O–H groups in total. The Morgan fingerprint density at radius 3 is 2.67 bits per heavy atom. The zero-order chi connectivity index (χ0) is 15.9. The highest BCUT2D eigenvalue weighted by Crippen LogP contribution is 2.43. The van der Waals surface area contributed by atoms with Gasteiger partial charge in [-0.1, -0.05) is 27.7 Å². The summed E-state index contributed by atoms with van der Waals surface area (Å²) in [5.74, 6) is 1.85. The van der Waals surface area contributed by atoms with Crippen molar-refractivity contribution in [3.63, 3.8) is 0 Å². The first-order valence-corrected chi connectivity index (χ1v) is 8.93. The van der Waals surface area contributed by atoms with E-state index in [1.165, 1.54) is 0 Å². The molecule has 6 heteroatoms. The van der Waals surface area contributed by atoms with Crippen LogP contribution in [0.5, 0.6) is 0 Å². The van der Waals surface area contributed by atoms with Crippen LogP contribution in [0.1, 0.15) is 34.1 Å². The molecule has 0 radical (unpaired) electrons. The Morgan fingerprint density at radius 1 is 1.48 bits per heavy atom. The second-order valence-corrected chi connectivity index (χ2v) is 8.46. The second-order valence-electron chi connectivity index (χ2n) is 7.22. The van der Waals surface area contributed by atoms with Gasteiger partial charge in [-0.3, -0.25) is 4.79 Å². The highest BCUT2D eigenvalue weighted by Gasteiger charge is 2.55. The number of fused-ring (bicyclic) bond motifs is 1. The first-order chi connectivity index (χ1) is 9.68. The number of nitrogens with zero attached hydrogens (tertiary/aromatic N) is 1. The summed E-state index contributed by atoms with van der Waals surface area (Å²) in [5, 5.41) is 3.55. The quantitative estimate of drug-likeness (QED) is 0.616. The number of nitrogens with one attached hydrogen (secondary N) is 1. The van der Waals surface area contributed by atoms with Gasteiger partial charge in [0.1, 0.15) is 13.6 Å². The highest BCUT2D eigenvalue weighted by molar-refractivity contribution is 8.00. The van der Waals surface area contributed by atoms with E-state index in [2.05, 4.69) is 20.1 Å². The van der Waals surface area contributed by atoms with Crippen LogP contribution in [0.2, 0.25) is 0 Å². The molecule has 0 saturated carbocycles. The van der Waals surface area contributed by atoms with Crippen LogP contribution in [-0.2, 0) is 4.79 Å². The van der Waals surface area contributed by atoms with Crippen LogP contribution in [0.15, 0.2) is 0 Å². The van der Waals surface area contributed by atoms with Crippen LogP contribution in [0.25, 0.3) is 0 Å². The van der Waals surface area contributed by atoms with Gasteiger partial charge in [-0.05, 0) is 12.3 Å². The number of amides is 2. The highest BCUT2D eigenvalue weighted by atomic mass is 32.2. The molecule has 118 valence electrons. The third-order valence-corrected chi connectivity index (χ3v) is 7.03. The summed E-state index contributed by atoms with van der Waals surface area (Å²) in [4.78, 5) is 25.9. The van der Waals surface area contributed by atoms with Gasteiger partial charge >= 0.3 is 6.03 Å². The maximum atomic E-state index is 12.2. The van der Waals surface area contributed by atoms with E-state index in [4.69, 9.17) is 0 Å². The molecule has 2 saturated heterocycles. The van der Waals surface area contributed by atoms with Crippen molar-refractivity contribution in [3.8, 4) is 0 Å². The van der Waals surface area contributed by atoms with Crippen LogP contribution in [0.4, 0.5) is 4.79 Å². The Balaban J connectivity index is 2.04. The predicted molar refractivity (Wildman–Crippen MR) is 90.4 cm³/mol. The number of carbonyl (C=O) groups excluding carboxylic acids is 2. The SMILES string of the molecule is BC12NC(=O)N(C)C1CS[C@H]2CC(C)C(C)C(=O)C(C)C. The third-order valence-electron chi connectivity index (χ3n) is 5.44. The number of thioether (sulfide) groups is 1. The van der Waals surface area contributed by atoms with Crippen molar-refractivity contribution in [3.05, 3.63) is 0 Å². The Bertz CT molecular complexity index is 445. The van der Waals surface area contributed by atoms with Crippen molar-refractivity contribution in [2.45, 2.75) is 50.8 Å². The fourth-order valence-electron chi connectivity index (χ4n) is 3.57. The van der Waals surface area contributed by atoms with Gasteiger partial charge in [0.05, 0.1) is 6.04 Å². The van der Waals surface area contributed by atoms with E-state index < -0.39 is 0 Å². The average molecular weight is 310 g/mol. The lowest BCUT2D eigenvalue weighted by Gasteiger charge is -2.33. The number of ketones is 1. The van der Waals surface area contributed by atoms with Crippen molar-refractivity contribution in [2.75, 3.05) is 12.8 Å². The van der Waals surface area contributed by atoms with Crippen LogP contribution in [-0.4, -0.2) is 54.1 Å². The van der Waals surface area contributed by atoms with Crippen molar-refractivity contribution < 1.29 is 9.59 Å². The monoisotopic (exact) mass is 310 g/mol. The lowest BCUT2D eigenvalue weighted by molar-refractivity contribution is -0.126. The largest absolute Gasteiger partial charge is 0.337 e. The summed E-state index contributed by atoms with van der Waals surface area (Å²) in [7, 11) is 4.04. The van der Waals surface area contributed by atoms with E-state index >= 15 is 0 Å². The lowest BCUT2D eigenvalue weighted by Crippen LogP contribution is -2.54. The molecular formula is C15H27BN2O2S. The first-order valence-electron chi connectivity index (χ1n) is 7.88. The zero-order valence-corrected chi connectivity index (χ0v) is 14.8. The number of likely N-dealkylation sites (N-methyl/N-ethyl adjacent to an activating group) is 1. The summed E-state index contributed by atoms with van der Waals surface area (Å²) in [6.07, 6.45) is 0.978. The number of hydrogen-bond donors (Lipinski definition) is 1. The van der Waals surface area contributed by atoms with Gasteiger partial charge < -0.3 is 10.2 Å². The van der Waals surface area contributed by atoms with E-state index in [9.17, 15) is 9.59 Å². The van der Waals surface area contributed by atoms with Crippen molar-refractivity contribution in [1.29, 1.82) is 0 Å². The van der Waals surface area contributed by atoms with Gasteiger partial charge in [-0.25, -0.2) is 4.79 Å². The van der Waals surface area contributed by atoms with Crippen LogP contribution in [0.3, 0.4) is 0 Å². The van der Waals surface area contributed by atoms with Gasteiger partial charge in [0.25, 0.3) is 0 Å². The zero-order valence-electron chi connectivity index (χ0n) is 14.0. The molecule has 0 aliphatic carbocycles. The smallest absolute Gasteiger partial charge is 0.317 e. The van der Waals surface area contributed by atoms with Gasteiger partial charge in [0.15, 0.2) is 0 Å². The lowest BCUT2D eigenvalue weighted by atomic mass is 9.68. The van der Waals surface area contributed by atoms with E-state index in [1.807, 2.05) is 44.5 Å². The molecule has 21 heavy (non-hydrogen) atoms. The maximum Gasteiger partial charge on any atom is 0.317 e. The normalized spacial score (nSPS) is 34.8. The molecule has 2 rings (SSSR count). The van der Waals surface area contributed by atoms with Crippen molar-refractivity contribution in [2.24, 2.45) is 17.8 Å². The standard InChI is InChI=1S/C15H27BN2O2S/c1-8(2)13(19)10(4)9(3)6-12-15(16)11(7-21-12)18(5)14(20)17-15/h8-12H,6-7,16H2,1-5H3,(H,17,20)/t9?,10?,11?,12-,15?/m0/s1. The number of urea groups is 1. The van der Waals surface area contributed by atoms with E-state index in [1.54, 1.807) is 0 Å². The first kappa shape index (κ1) is 16.7. The summed E-state index contributed by atoms with van der Waals surface area (Å²) >= 11 is 1.94. The predicted octanol–water partition coefficient (Wildman–Crippen LogP) is 1.34. The molecule has 5 atom stereocenters. The van der Waals surface area contributed by atoms with Gasteiger partial charge in [-0.2, -0.15) is 11.8 Å². The topological polar surface area (TPSA) is 49.4 Å². The van der Waals surface area contributed by atoms with Crippen LogP contribution >= 0.6 is 11.8 Å². The van der Waals surface area contributed by atoms with Gasteiger partial charge in [-0.15, -0.1) is 0 Å². The molecule has 4 nitrogen and oxygen atoms in total. The summed E-state index contributed by atoms with van der Waals surface area (Å²) in [5.41, 5.74) is -0.161. The number of carbonyl (C=O) groups is 2. The molecule has 2 fully saturated rings. The molecule has 2 amide bonds. The Kier molecular flexibility index (Phi) is 4.67. The van der Waals surface area contributed by atoms with Crippen molar-refractivity contribution >= 4 is 31.4 Å². The van der Waals surface area contributed by atoms with Crippen molar-refractivity contribution in [1.82, 2.24) is 10.2 Å².